The first kappa shape index (κ1) is 29.6. The number of fused-ring (bicyclic) bond motifs is 5. The van der Waals surface area contributed by atoms with Crippen LogP contribution in [-0.4, -0.2) is 17.9 Å². The Bertz CT molecular complexity index is 1140. The molecular weight excluding hydrogens is 492 g/mol. The van der Waals surface area contributed by atoms with Crippen LogP contribution < -0.4 is 0 Å². The van der Waals surface area contributed by atoms with Gasteiger partial charge in [0.2, 0.25) is 0 Å². The van der Waals surface area contributed by atoms with E-state index in [1.54, 1.807) is 0 Å². The first-order chi connectivity index (χ1) is 18.7. The maximum atomic E-state index is 13.7. The highest BCUT2D eigenvalue weighted by molar-refractivity contribution is 5.94. The van der Waals surface area contributed by atoms with Crippen molar-refractivity contribution in [2.45, 2.75) is 119 Å². The fourth-order valence-corrected chi connectivity index (χ4v) is 9.84. The summed E-state index contributed by atoms with van der Waals surface area (Å²) in [4.78, 5) is 27.0. The lowest BCUT2D eigenvalue weighted by molar-refractivity contribution is -0.132. The molecule has 1 aromatic rings. The molecule has 0 spiro atoms. The Labute approximate surface area is 243 Å². The lowest BCUT2D eigenvalue weighted by Crippen LogP contribution is -2.55. The molecule has 1 aromatic carbocycles. The van der Waals surface area contributed by atoms with Crippen molar-refractivity contribution in [3.05, 3.63) is 47.5 Å². The fourth-order valence-electron chi connectivity index (χ4n) is 9.84. The van der Waals surface area contributed by atoms with E-state index in [1.165, 1.54) is 31.3 Å². The minimum Gasteiger partial charge on any atom is -0.458 e. The zero-order valence-corrected chi connectivity index (χ0v) is 26.5. The Balaban J connectivity index is 1.43. The average Bonchev–Trinajstić information content (AvgIpc) is 3.18. The molecule has 220 valence electrons. The summed E-state index contributed by atoms with van der Waals surface area (Å²) < 4.78 is 6.38. The Hall–Kier alpha value is -1.90. The lowest BCUT2D eigenvalue weighted by atomic mass is 9.43. The summed E-state index contributed by atoms with van der Waals surface area (Å²) in [6.07, 6.45) is 12.1. The van der Waals surface area contributed by atoms with E-state index >= 15 is 0 Å². The quantitative estimate of drug-likeness (QED) is 0.334. The molecule has 4 aliphatic carbocycles. The monoisotopic (exact) mass is 546 g/mol. The van der Waals surface area contributed by atoms with Gasteiger partial charge < -0.3 is 4.74 Å². The minimum atomic E-state index is -0.202. The SMILES string of the molecule is C[C@H]1CC[C@]2(C)C3CC[C@]4(C)[C@@H]([C@H](C)[C@@H](CCC(C)(C)C)OC(=O)c5ccccc5)CC[C@@]4(C)C3=CC(=O)[C@@H]2C1. The number of benzene rings is 1. The summed E-state index contributed by atoms with van der Waals surface area (Å²) in [5, 5.41) is 0. The highest BCUT2D eigenvalue weighted by Crippen LogP contribution is 2.72. The topological polar surface area (TPSA) is 43.4 Å². The van der Waals surface area contributed by atoms with Gasteiger partial charge in [0.15, 0.2) is 5.78 Å². The number of hydrogen-bond acceptors (Lipinski definition) is 3. The maximum Gasteiger partial charge on any atom is 0.338 e. The molecule has 5 rings (SSSR count). The minimum absolute atomic E-state index is 0.0273. The fraction of sp³-hybridized carbons (Fsp3) is 0.730. The van der Waals surface area contributed by atoms with Gasteiger partial charge in [-0.25, -0.2) is 4.79 Å². The molecule has 3 nitrogen and oxygen atoms in total. The molecule has 0 aromatic heterocycles. The van der Waals surface area contributed by atoms with Crippen molar-refractivity contribution in [1.29, 1.82) is 0 Å². The number of carbonyl (C=O) groups is 2. The van der Waals surface area contributed by atoms with Crippen LogP contribution in [0, 0.1) is 51.2 Å². The van der Waals surface area contributed by atoms with Gasteiger partial charge in [-0.1, -0.05) is 85.6 Å². The van der Waals surface area contributed by atoms with Crippen LogP contribution in [0.5, 0.6) is 0 Å². The van der Waals surface area contributed by atoms with Crippen LogP contribution >= 0.6 is 0 Å². The van der Waals surface area contributed by atoms with E-state index in [1.807, 2.05) is 30.3 Å². The van der Waals surface area contributed by atoms with Gasteiger partial charge in [-0.2, -0.15) is 0 Å². The van der Waals surface area contributed by atoms with Crippen LogP contribution in [0.3, 0.4) is 0 Å². The van der Waals surface area contributed by atoms with Gasteiger partial charge in [0, 0.05) is 5.92 Å². The predicted molar refractivity (Wildman–Crippen MR) is 163 cm³/mol. The second-order valence-electron chi connectivity index (χ2n) is 16.2. The van der Waals surface area contributed by atoms with Crippen LogP contribution in [-0.2, 0) is 9.53 Å². The van der Waals surface area contributed by atoms with Crippen LogP contribution in [0.15, 0.2) is 42.0 Å². The van der Waals surface area contributed by atoms with Gasteiger partial charge in [-0.15, -0.1) is 0 Å². The van der Waals surface area contributed by atoms with E-state index in [2.05, 4.69) is 61.5 Å². The van der Waals surface area contributed by atoms with Crippen LogP contribution in [0.4, 0.5) is 0 Å². The summed E-state index contributed by atoms with van der Waals surface area (Å²) in [6, 6.07) is 9.46. The Morgan fingerprint density at radius 2 is 1.70 bits per heavy atom. The molecule has 0 heterocycles. The van der Waals surface area contributed by atoms with Crippen molar-refractivity contribution in [3.8, 4) is 0 Å². The normalized spacial score (nSPS) is 38.9. The Kier molecular flexibility index (Phi) is 7.71. The van der Waals surface area contributed by atoms with Gasteiger partial charge in [0.1, 0.15) is 6.10 Å². The first-order valence-electron chi connectivity index (χ1n) is 16.2. The molecular formula is C37H54O3. The number of esters is 1. The zero-order chi connectivity index (χ0) is 29.1. The third-order valence-electron chi connectivity index (χ3n) is 12.7. The molecule has 0 bridgehead atoms. The molecule has 0 radical (unpaired) electrons. The van der Waals surface area contributed by atoms with E-state index < -0.39 is 0 Å². The highest BCUT2D eigenvalue weighted by Gasteiger charge is 2.65. The molecule has 1 unspecified atom stereocenters. The molecule has 0 amide bonds. The number of rotatable bonds is 6. The number of allylic oxidation sites excluding steroid dienone is 2. The van der Waals surface area contributed by atoms with Gasteiger partial charge in [-0.05, 0) is 115 Å². The van der Waals surface area contributed by atoms with Gasteiger partial charge >= 0.3 is 5.97 Å². The van der Waals surface area contributed by atoms with Crippen LogP contribution in [0.1, 0.15) is 124 Å². The first-order valence-corrected chi connectivity index (χ1v) is 16.2. The largest absolute Gasteiger partial charge is 0.458 e. The highest BCUT2D eigenvalue weighted by atomic mass is 16.5. The Morgan fingerprint density at radius 3 is 2.38 bits per heavy atom. The lowest BCUT2D eigenvalue weighted by Gasteiger charge is -2.61. The smallest absolute Gasteiger partial charge is 0.338 e. The van der Waals surface area contributed by atoms with Gasteiger partial charge in [0.25, 0.3) is 0 Å². The average molecular weight is 547 g/mol. The van der Waals surface area contributed by atoms with Crippen molar-refractivity contribution < 1.29 is 14.3 Å². The summed E-state index contributed by atoms with van der Waals surface area (Å²) in [7, 11) is 0. The molecule has 4 aliphatic rings. The molecule has 0 saturated heterocycles. The number of carbonyl (C=O) groups excluding carboxylic acids is 2. The summed E-state index contributed by atoms with van der Waals surface area (Å²) in [5.74, 6) is 2.31. The van der Waals surface area contributed by atoms with E-state index in [9.17, 15) is 9.59 Å². The van der Waals surface area contributed by atoms with E-state index in [4.69, 9.17) is 4.74 Å². The molecule has 9 atom stereocenters. The molecule has 3 heteroatoms. The molecule has 0 N–H and O–H groups in total. The standard InChI is InChI=1S/C37H54O3/c1-24-14-19-35(6)28-16-21-36(7)27(15-20-37(36,8)29(28)23-31(38)30(35)22-24)25(2)32(17-18-34(3,4)5)40-33(39)26-12-10-9-11-13-26/h9-13,23-25,27-28,30,32H,14-22H2,1-8H3/t24-,25-,27+,28?,30-,32+,35+,36+,37-/m0/s1. The van der Waals surface area contributed by atoms with Crippen LogP contribution in [0.2, 0.25) is 0 Å². The van der Waals surface area contributed by atoms with Crippen molar-refractivity contribution in [2.75, 3.05) is 0 Å². The van der Waals surface area contributed by atoms with Crippen molar-refractivity contribution in [2.24, 2.45) is 51.2 Å². The van der Waals surface area contributed by atoms with E-state index in [0.29, 0.717) is 29.1 Å². The molecule has 0 aliphatic heterocycles. The van der Waals surface area contributed by atoms with Gasteiger partial charge in [-0.3, -0.25) is 4.79 Å². The van der Waals surface area contributed by atoms with Crippen molar-refractivity contribution >= 4 is 11.8 Å². The van der Waals surface area contributed by atoms with E-state index in [0.717, 1.165) is 32.1 Å². The zero-order valence-electron chi connectivity index (χ0n) is 26.5. The number of ether oxygens (including phenoxy) is 1. The molecule has 3 saturated carbocycles. The molecule has 40 heavy (non-hydrogen) atoms. The van der Waals surface area contributed by atoms with Crippen molar-refractivity contribution in [1.82, 2.24) is 0 Å². The second kappa shape index (κ2) is 10.4. The van der Waals surface area contributed by atoms with Crippen molar-refractivity contribution in [3.63, 3.8) is 0 Å². The second-order valence-corrected chi connectivity index (χ2v) is 16.2. The van der Waals surface area contributed by atoms with Gasteiger partial charge in [0.05, 0.1) is 5.56 Å². The predicted octanol–water partition coefficient (Wildman–Crippen LogP) is 9.46. The number of hydrogen-bond donors (Lipinski definition) is 0. The summed E-state index contributed by atoms with van der Waals surface area (Å²) in [6.45, 7) is 18.9. The van der Waals surface area contributed by atoms with E-state index in [-0.39, 0.29) is 45.6 Å². The van der Waals surface area contributed by atoms with Crippen LogP contribution in [0.25, 0.3) is 0 Å². The molecule has 3 fully saturated rings. The summed E-state index contributed by atoms with van der Waals surface area (Å²) >= 11 is 0. The number of ketones is 1. The maximum absolute atomic E-state index is 13.7. The third kappa shape index (κ3) is 4.92. The summed E-state index contributed by atoms with van der Waals surface area (Å²) in [5.41, 5.74) is 2.52. The third-order valence-corrected chi connectivity index (χ3v) is 12.7. The Morgan fingerprint density at radius 1 is 1.00 bits per heavy atom.